The molecule has 5 N–H and O–H groups in total. The van der Waals surface area contributed by atoms with E-state index in [2.05, 4.69) is 17.1 Å². The lowest BCUT2D eigenvalue weighted by molar-refractivity contribution is 0.100. The van der Waals surface area contributed by atoms with Gasteiger partial charge in [0.2, 0.25) is 0 Å². The minimum absolute atomic E-state index is 0.251. The smallest absolute Gasteiger partial charge is 0.261 e. The maximum atomic E-state index is 11.3. The minimum atomic E-state index is -0.522. The molecule has 1 saturated heterocycles. The summed E-state index contributed by atoms with van der Waals surface area (Å²) in [7, 11) is 1.54. The highest BCUT2D eigenvalue weighted by atomic mass is 32.1. The predicted molar refractivity (Wildman–Crippen MR) is 82.6 cm³/mol. The van der Waals surface area contributed by atoms with Crippen molar-refractivity contribution in [3.8, 4) is 5.75 Å². The van der Waals surface area contributed by atoms with E-state index in [9.17, 15) is 4.79 Å². The Bertz CT molecular complexity index is 483. The Balaban J connectivity index is 2.07. The van der Waals surface area contributed by atoms with Crippen LogP contribution in [0.25, 0.3) is 0 Å². The molecular weight excluding hydrogens is 276 g/mol. The Hall–Kier alpha value is -1.47. The number of nitrogens with two attached hydrogens (primary N) is 2. The SMILES string of the molecule is COc1c(NC(C)CN2CCCC2)sc(C(N)=O)c1N. The van der Waals surface area contributed by atoms with Gasteiger partial charge in [-0.15, -0.1) is 11.3 Å². The number of nitrogens with one attached hydrogen (secondary N) is 1. The van der Waals surface area contributed by atoms with Gasteiger partial charge in [0.25, 0.3) is 5.91 Å². The van der Waals surface area contributed by atoms with Crippen LogP contribution in [0.5, 0.6) is 5.75 Å². The van der Waals surface area contributed by atoms with Crippen molar-refractivity contribution in [1.82, 2.24) is 4.90 Å². The van der Waals surface area contributed by atoms with E-state index in [0.717, 1.165) is 24.6 Å². The fraction of sp³-hybridized carbons (Fsp3) is 0.615. The maximum Gasteiger partial charge on any atom is 0.261 e. The monoisotopic (exact) mass is 298 g/mol. The summed E-state index contributed by atoms with van der Waals surface area (Å²) in [6, 6.07) is 0.251. The summed E-state index contributed by atoms with van der Waals surface area (Å²) in [5, 5.41) is 4.14. The third-order valence-corrected chi connectivity index (χ3v) is 4.57. The van der Waals surface area contributed by atoms with Crippen molar-refractivity contribution in [3.63, 3.8) is 0 Å². The minimum Gasteiger partial charge on any atom is -0.492 e. The quantitative estimate of drug-likeness (QED) is 0.737. The number of methoxy groups -OCH3 is 1. The zero-order valence-corrected chi connectivity index (χ0v) is 12.8. The molecule has 1 aliphatic heterocycles. The Labute approximate surface area is 123 Å². The number of likely N-dealkylation sites (tertiary alicyclic amines) is 1. The molecule has 1 atom stereocenters. The van der Waals surface area contributed by atoms with Gasteiger partial charge in [-0.25, -0.2) is 0 Å². The second-order valence-corrected chi connectivity index (χ2v) is 6.15. The van der Waals surface area contributed by atoms with Gasteiger partial charge in [0.05, 0.1) is 7.11 Å². The number of rotatable bonds is 6. The van der Waals surface area contributed by atoms with E-state index in [1.54, 1.807) is 7.11 Å². The van der Waals surface area contributed by atoms with Gasteiger partial charge < -0.3 is 26.4 Å². The molecule has 1 amide bonds. The predicted octanol–water partition coefficient (Wildman–Crippen LogP) is 1.33. The first-order valence-electron chi connectivity index (χ1n) is 6.78. The first kappa shape index (κ1) is 14.9. The van der Waals surface area contributed by atoms with Gasteiger partial charge >= 0.3 is 0 Å². The zero-order chi connectivity index (χ0) is 14.7. The highest BCUT2D eigenvalue weighted by Gasteiger charge is 2.22. The largest absolute Gasteiger partial charge is 0.492 e. The number of primary amides is 1. The molecule has 0 aliphatic carbocycles. The van der Waals surface area contributed by atoms with E-state index in [4.69, 9.17) is 16.2 Å². The average molecular weight is 298 g/mol. The number of anilines is 2. The summed E-state index contributed by atoms with van der Waals surface area (Å²) in [6.07, 6.45) is 2.54. The Morgan fingerprint density at radius 2 is 2.15 bits per heavy atom. The van der Waals surface area contributed by atoms with Crippen molar-refractivity contribution in [2.75, 3.05) is 37.8 Å². The molecule has 6 nitrogen and oxygen atoms in total. The van der Waals surface area contributed by atoms with E-state index >= 15 is 0 Å². The number of carbonyl (C=O) groups is 1. The molecule has 0 saturated carbocycles. The lowest BCUT2D eigenvalue weighted by Crippen LogP contribution is -2.32. The third kappa shape index (κ3) is 3.16. The molecule has 20 heavy (non-hydrogen) atoms. The van der Waals surface area contributed by atoms with Crippen LogP contribution in [-0.2, 0) is 0 Å². The molecule has 2 rings (SSSR count). The average Bonchev–Trinajstić information content (AvgIpc) is 2.97. The molecule has 1 aliphatic rings. The summed E-state index contributed by atoms with van der Waals surface area (Å²) in [6.45, 7) is 5.38. The van der Waals surface area contributed by atoms with Crippen LogP contribution in [-0.4, -0.2) is 43.6 Å². The van der Waals surface area contributed by atoms with Crippen molar-refractivity contribution in [1.29, 1.82) is 0 Å². The normalized spacial score (nSPS) is 17.1. The van der Waals surface area contributed by atoms with Crippen LogP contribution in [0.1, 0.15) is 29.4 Å². The molecule has 0 spiro atoms. The van der Waals surface area contributed by atoms with E-state index in [1.165, 1.54) is 24.2 Å². The van der Waals surface area contributed by atoms with E-state index in [-0.39, 0.29) is 6.04 Å². The number of hydrogen-bond acceptors (Lipinski definition) is 6. The van der Waals surface area contributed by atoms with E-state index in [1.807, 2.05) is 0 Å². The molecule has 2 heterocycles. The third-order valence-electron chi connectivity index (χ3n) is 3.44. The summed E-state index contributed by atoms with van der Waals surface area (Å²) in [5.41, 5.74) is 11.5. The molecule has 1 aromatic heterocycles. The Kier molecular flexibility index (Phi) is 4.72. The van der Waals surface area contributed by atoms with Crippen molar-refractivity contribution in [2.45, 2.75) is 25.8 Å². The molecule has 112 valence electrons. The lowest BCUT2D eigenvalue weighted by atomic mass is 10.3. The highest BCUT2D eigenvalue weighted by molar-refractivity contribution is 7.19. The molecular formula is C13H22N4O2S. The molecule has 0 aromatic carbocycles. The van der Waals surface area contributed by atoms with Gasteiger partial charge in [-0.3, -0.25) is 4.79 Å². The van der Waals surface area contributed by atoms with Crippen molar-refractivity contribution < 1.29 is 9.53 Å². The molecule has 1 unspecified atom stereocenters. The first-order valence-corrected chi connectivity index (χ1v) is 7.59. The van der Waals surface area contributed by atoms with E-state index < -0.39 is 5.91 Å². The maximum absolute atomic E-state index is 11.3. The van der Waals surface area contributed by atoms with Crippen molar-refractivity contribution in [2.24, 2.45) is 5.73 Å². The summed E-state index contributed by atoms with van der Waals surface area (Å²) >= 11 is 1.25. The molecule has 0 bridgehead atoms. The summed E-state index contributed by atoms with van der Waals surface area (Å²) in [5.74, 6) is -0.0110. The number of nitrogen functional groups attached to an aromatic ring is 1. The van der Waals surface area contributed by atoms with Gasteiger partial charge in [-0.2, -0.15) is 0 Å². The van der Waals surface area contributed by atoms with Crippen LogP contribution in [0.15, 0.2) is 0 Å². The van der Waals surface area contributed by atoms with Crippen LogP contribution in [0.3, 0.4) is 0 Å². The summed E-state index contributed by atoms with van der Waals surface area (Å²) in [4.78, 5) is 14.1. The molecule has 1 aromatic rings. The van der Waals surface area contributed by atoms with Gasteiger partial charge in [0.15, 0.2) is 5.75 Å². The number of carbonyl (C=O) groups excluding carboxylic acids is 1. The van der Waals surface area contributed by atoms with E-state index in [0.29, 0.717) is 16.3 Å². The van der Waals surface area contributed by atoms with Crippen LogP contribution in [0.4, 0.5) is 10.7 Å². The van der Waals surface area contributed by atoms with Crippen molar-refractivity contribution >= 4 is 27.9 Å². The number of thiophene rings is 1. The van der Waals surface area contributed by atoms with Crippen LogP contribution in [0, 0.1) is 0 Å². The molecule has 7 heteroatoms. The topological polar surface area (TPSA) is 93.6 Å². The van der Waals surface area contributed by atoms with Crippen LogP contribution < -0.4 is 21.5 Å². The van der Waals surface area contributed by atoms with Crippen LogP contribution in [0.2, 0.25) is 0 Å². The molecule has 0 radical (unpaired) electrons. The van der Waals surface area contributed by atoms with Gasteiger partial charge in [-0.05, 0) is 32.9 Å². The zero-order valence-electron chi connectivity index (χ0n) is 11.9. The highest BCUT2D eigenvalue weighted by Crippen LogP contribution is 2.42. The fourth-order valence-corrected chi connectivity index (χ4v) is 3.58. The number of amides is 1. The van der Waals surface area contributed by atoms with Crippen molar-refractivity contribution in [3.05, 3.63) is 4.88 Å². The fourth-order valence-electron chi connectivity index (χ4n) is 2.53. The first-order chi connectivity index (χ1) is 9.52. The van der Waals surface area contributed by atoms with Gasteiger partial charge in [0, 0.05) is 12.6 Å². The van der Waals surface area contributed by atoms with Gasteiger partial charge in [-0.1, -0.05) is 0 Å². The second-order valence-electron chi connectivity index (χ2n) is 5.12. The van der Waals surface area contributed by atoms with Gasteiger partial charge in [0.1, 0.15) is 15.6 Å². The summed E-state index contributed by atoms with van der Waals surface area (Å²) < 4.78 is 5.28. The standard InChI is InChI=1S/C13H22N4O2S/c1-8(7-17-5-3-4-6-17)16-13-10(19-2)9(14)11(20-13)12(15)18/h8,16H,3-7,14H2,1-2H3,(H2,15,18). The number of hydrogen-bond donors (Lipinski definition) is 3. The molecule has 1 fully saturated rings. The Morgan fingerprint density at radius 3 is 2.70 bits per heavy atom. The Morgan fingerprint density at radius 1 is 1.50 bits per heavy atom. The lowest BCUT2D eigenvalue weighted by Gasteiger charge is -2.21. The second kappa shape index (κ2) is 6.32. The number of ether oxygens (including phenoxy) is 1. The van der Waals surface area contributed by atoms with Crippen LogP contribution >= 0.6 is 11.3 Å². The number of nitrogens with zero attached hydrogens (tertiary/aromatic N) is 1.